The number of rotatable bonds is 12. The molecule has 0 amide bonds. The van der Waals surface area contributed by atoms with Crippen molar-refractivity contribution in [1.82, 2.24) is 0 Å². The molecule has 0 spiro atoms. The molecule has 0 heterocycles. The Balaban J connectivity index is 0. The van der Waals surface area contributed by atoms with Crippen LogP contribution in [0.4, 0.5) is 13.2 Å². The topological polar surface area (TPSA) is 69.6 Å². The number of aliphatic carboxylic acids is 1. The Hall–Kier alpha value is -0.860. The number of ether oxygens (including phenoxy) is 1. The summed E-state index contributed by atoms with van der Waals surface area (Å²) in [5.74, 6) is -3.01. The normalized spacial score (nSPS) is 11.8. The Kier molecular flexibility index (Phi) is 15.3. The molecular weight excluding hydrogens is 327 g/mol. The first-order chi connectivity index (χ1) is 11.2. The van der Waals surface area contributed by atoms with E-state index in [0.29, 0.717) is 6.61 Å². The lowest BCUT2D eigenvalue weighted by Gasteiger charge is -2.37. The van der Waals surface area contributed by atoms with E-state index in [-0.39, 0.29) is 6.61 Å². The zero-order valence-electron chi connectivity index (χ0n) is 15.0. The summed E-state index contributed by atoms with van der Waals surface area (Å²) < 4.78 is 38.1. The molecule has 0 saturated heterocycles. The first-order valence-corrected chi connectivity index (χ1v) is 8.51. The molecule has 8 heteroatoms. The van der Waals surface area contributed by atoms with Crippen molar-refractivity contribution in [2.45, 2.75) is 52.6 Å². The third-order valence-electron chi connectivity index (χ3n) is 4.00. The molecule has 0 aromatic carbocycles. The van der Waals surface area contributed by atoms with Crippen LogP contribution in [0.15, 0.2) is 0 Å². The van der Waals surface area contributed by atoms with Crippen molar-refractivity contribution >= 4 is 5.97 Å². The summed E-state index contributed by atoms with van der Waals surface area (Å²) in [6, 6.07) is 0. The molecule has 0 radical (unpaired) electrons. The van der Waals surface area contributed by atoms with Crippen molar-refractivity contribution in [2.24, 2.45) is 0 Å². The average Bonchev–Trinajstić information content (AvgIpc) is 2.53. The van der Waals surface area contributed by atoms with Crippen LogP contribution in [0, 0.1) is 0 Å². The number of carbonyl (C=O) groups excluding carboxylic acids is 1. The van der Waals surface area contributed by atoms with Crippen LogP contribution >= 0.6 is 0 Å². The molecule has 0 aromatic heterocycles. The molecule has 0 bridgehead atoms. The fraction of sp³-hybridized carbons (Fsp3) is 0.938. The van der Waals surface area contributed by atoms with Crippen molar-refractivity contribution < 1.29 is 37.4 Å². The van der Waals surface area contributed by atoms with Crippen LogP contribution in [-0.2, 0) is 9.53 Å². The van der Waals surface area contributed by atoms with Crippen LogP contribution in [0.2, 0.25) is 0 Å². The van der Waals surface area contributed by atoms with E-state index >= 15 is 0 Å². The summed E-state index contributed by atoms with van der Waals surface area (Å²) in [4.78, 5) is 8.78. The Morgan fingerprint density at radius 3 is 1.96 bits per heavy atom. The Morgan fingerprint density at radius 2 is 1.58 bits per heavy atom. The van der Waals surface area contributed by atoms with E-state index in [1.807, 2.05) is 0 Å². The highest BCUT2D eigenvalue weighted by Gasteiger charge is 2.28. The summed E-state index contributed by atoms with van der Waals surface area (Å²) >= 11 is 0. The number of aliphatic hydroxyl groups is 1. The number of carboxylic acid groups (broad SMARTS) is 1. The summed E-state index contributed by atoms with van der Waals surface area (Å²) in [6.45, 7) is 12.9. The third-order valence-corrected chi connectivity index (χ3v) is 4.00. The third kappa shape index (κ3) is 13.6. The molecule has 0 aliphatic rings. The van der Waals surface area contributed by atoms with Crippen LogP contribution < -0.4 is 5.11 Å². The Labute approximate surface area is 143 Å². The van der Waals surface area contributed by atoms with Crippen LogP contribution in [0.3, 0.4) is 0 Å². The van der Waals surface area contributed by atoms with Gasteiger partial charge in [0.05, 0.1) is 39.5 Å². The Bertz CT molecular complexity index is 294. The summed E-state index contributed by atoms with van der Waals surface area (Å²) in [6.07, 6.45) is 0.149. The van der Waals surface area contributed by atoms with Gasteiger partial charge in [0.2, 0.25) is 0 Å². The Morgan fingerprint density at radius 1 is 1.04 bits per heavy atom. The predicted octanol–water partition coefficient (Wildman–Crippen LogP) is 1.73. The van der Waals surface area contributed by atoms with Crippen molar-refractivity contribution in [3.05, 3.63) is 0 Å². The minimum Gasteiger partial charge on any atom is -0.542 e. The van der Waals surface area contributed by atoms with Crippen LogP contribution in [0.25, 0.3) is 0 Å². The second-order valence-corrected chi connectivity index (χ2v) is 5.60. The standard InChI is InChI=1S/C14H32NO2.C2HF3O2/c1-4-7-8-9-10-15(5-2,6-3)11-13-17-14-12-16;3-2(4,5)1(6)7/h16H,4-14H2,1-3H3;(H,6,7)/q+1;/p-1. The number of hydrogen-bond donors (Lipinski definition) is 1. The lowest BCUT2D eigenvalue weighted by atomic mass is 10.1. The molecule has 0 aromatic rings. The second-order valence-electron chi connectivity index (χ2n) is 5.60. The van der Waals surface area contributed by atoms with Crippen molar-refractivity contribution in [3.8, 4) is 0 Å². The predicted molar refractivity (Wildman–Crippen MR) is 84.2 cm³/mol. The highest BCUT2D eigenvalue weighted by molar-refractivity contribution is 5.70. The van der Waals surface area contributed by atoms with Crippen LogP contribution in [0.1, 0.15) is 46.5 Å². The van der Waals surface area contributed by atoms with Gasteiger partial charge in [-0.15, -0.1) is 0 Å². The fourth-order valence-electron chi connectivity index (χ4n) is 2.27. The van der Waals surface area contributed by atoms with Gasteiger partial charge in [0, 0.05) is 0 Å². The molecule has 5 nitrogen and oxygen atoms in total. The number of carbonyl (C=O) groups is 1. The van der Waals surface area contributed by atoms with Crippen molar-refractivity contribution in [1.29, 1.82) is 0 Å². The van der Waals surface area contributed by atoms with E-state index < -0.39 is 12.1 Å². The number of unbranched alkanes of at least 4 members (excludes halogenated alkanes) is 3. The van der Waals surface area contributed by atoms with Crippen molar-refractivity contribution in [3.63, 3.8) is 0 Å². The number of hydrogen-bond acceptors (Lipinski definition) is 4. The molecular formula is C16H32F3NO4. The molecule has 0 unspecified atom stereocenters. The van der Waals surface area contributed by atoms with Crippen LogP contribution in [-0.4, -0.2) is 67.7 Å². The van der Waals surface area contributed by atoms with Gasteiger partial charge in [-0.1, -0.05) is 19.8 Å². The number of halogens is 3. The van der Waals surface area contributed by atoms with E-state index in [4.69, 9.17) is 19.7 Å². The van der Waals surface area contributed by atoms with Crippen LogP contribution in [0.5, 0.6) is 0 Å². The summed E-state index contributed by atoms with van der Waals surface area (Å²) in [5.41, 5.74) is 0. The lowest BCUT2D eigenvalue weighted by molar-refractivity contribution is -0.925. The SMILES string of the molecule is CCCCCC[N+](CC)(CC)CCOCCO.O=C([O-])C(F)(F)F. The number of quaternary nitrogens is 1. The maximum absolute atomic E-state index is 10.5. The molecule has 24 heavy (non-hydrogen) atoms. The molecule has 0 aliphatic heterocycles. The van der Waals surface area contributed by atoms with E-state index in [1.54, 1.807) is 0 Å². The summed E-state index contributed by atoms with van der Waals surface area (Å²) in [7, 11) is 0. The van der Waals surface area contributed by atoms with Gasteiger partial charge in [0.25, 0.3) is 0 Å². The number of aliphatic hydroxyl groups excluding tert-OH is 1. The quantitative estimate of drug-likeness (QED) is 0.426. The van der Waals surface area contributed by atoms with Gasteiger partial charge in [-0.2, -0.15) is 13.2 Å². The molecule has 0 fully saturated rings. The smallest absolute Gasteiger partial charge is 0.430 e. The van der Waals surface area contributed by atoms with E-state index in [0.717, 1.165) is 17.6 Å². The number of carboxylic acids is 1. The minimum atomic E-state index is -5.19. The van der Waals surface area contributed by atoms with Gasteiger partial charge in [0.1, 0.15) is 12.5 Å². The zero-order chi connectivity index (χ0) is 19.1. The maximum Gasteiger partial charge on any atom is 0.430 e. The molecule has 146 valence electrons. The second kappa shape index (κ2) is 14.5. The minimum absolute atomic E-state index is 0.134. The maximum atomic E-state index is 10.5. The monoisotopic (exact) mass is 359 g/mol. The van der Waals surface area contributed by atoms with E-state index in [2.05, 4.69) is 20.8 Å². The average molecular weight is 359 g/mol. The van der Waals surface area contributed by atoms with Gasteiger partial charge in [-0.25, -0.2) is 0 Å². The highest BCUT2D eigenvalue weighted by atomic mass is 19.4. The van der Waals surface area contributed by atoms with E-state index in [1.165, 1.54) is 45.3 Å². The van der Waals surface area contributed by atoms with E-state index in [9.17, 15) is 13.2 Å². The van der Waals surface area contributed by atoms with Gasteiger partial charge in [-0.3, -0.25) is 0 Å². The molecule has 0 saturated carbocycles. The molecule has 1 N–H and O–H groups in total. The summed E-state index contributed by atoms with van der Waals surface area (Å²) in [5, 5.41) is 17.5. The van der Waals surface area contributed by atoms with Crippen molar-refractivity contribution in [2.75, 3.05) is 46.0 Å². The largest absolute Gasteiger partial charge is 0.542 e. The number of alkyl halides is 3. The van der Waals surface area contributed by atoms with Gasteiger partial charge < -0.3 is 24.2 Å². The molecule has 0 rings (SSSR count). The molecule has 0 atom stereocenters. The zero-order valence-corrected chi connectivity index (χ0v) is 15.0. The van der Waals surface area contributed by atoms with Gasteiger partial charge in [0.15, 0.2) is 0 Å². The molecule has 0 aliphatic carbocycles. The van der Waals surface area contributed by atoms with Gasteiger partial charge >= 0.3 is 6.18 Å². The number of likely N-dealkylation sites (N-methyl/N-ethyl adjacent to an activating group) is 1. The first kappa shape index (κ1) is 25.4. The first-order valence-electron chi connectivity index (χ1n) is 8.51. The lowest BCUT2D eigenvalue weighted by Crippen LogP contribution is -2.50. The highest BCUT2D eigenvalue weighted by Crippen LogP contribution is 2.12. The number of nitrogens with zero attached hydrogens (tertiary/aromatic N) is 1. The fourth-order valence-corrected chi connectivity index (χ4v) is 2.27. The van der Waals surface area contributed by atoms with Gasteiger partial charge in [-0.05, 0) is 26.7 Å².